The Bertz CT molecular complexity index is 94.9. The summed E-state index contributed by atoms with van der Waals surface area (Å²) in [5.41, 5.74) is 0. The van der Waals surface area contributed by atoms with E-state index in [9.17, 15) is 0 Å². The molecule has 0 fully saturated rings. The summed E-state index contributed by atoms with van der Waals surface area (Å²) in [6.45, 7) is 0. The Labute approximate surface area is 96.6 Å². The second-order valence-electron chi connectivity index (χ2n) is 0.408. The topological polar surface area (TPSA) is 80.3 Å². The molecule has 4 nitrogen and oxygen atoms in total. The molecule has 7 heteroatoms. The van der Waals surface area contributed by atoms with E-state index in [-0.39, 0.29) is 70.6 Å². The Kier molecular flexibility index (Phi) is 14.4. The van der Waals surface area contributed by atoms with Gasteiger partial charge in [0, 0.05) is 10.4 Å². The Morgan fingerprint density at radius 1 is 1.14 bits per heavy atom. The molecule has 0 saturated heterocycles. The van der Waals surface area contributed by atoms with E-state index in [1.165, 1.54) is 0 Å². The van der Waals surface area contributed by atoms with Crippen LogP contribution in [0.15, 0.2) is 0 Å². The van der Waals surface area contributed by atoms with Crippen LogP contribution in [0.3, 0.4) is 0 Å². The van der Waals surface area contributed by atoms with Crippen LogP contribution in [0.1, 0.15) is 0 Å². The fraction of sp³-hybridized carbons (Fsp3) is 0. The first-order valence-corrected chi connectivity index (χ1v) is 2.00. The average molecular weight is 281 g/mol. The van der Waals surface area contributed by atoms with Crippen LogP contribution in [0.4, 0.5) is 0 Å². The average Bonchev–Trinajstić information content (AvgIpc) is 0.722. The Morgan fingerprint density at radius 3 is 1.14 bits per heavy atom. The van der Waals surface area contributed by atoms with Gasteiger partial charge < -0.3 is 9.11 Å². The van der Waals surface area contributed by atoms with Crippen molar-refractivity contribution in [2.45, 2.75) is 0 Å². The summed E-state index contributed by atoms with van der Waals surface area (Å²) in [5, 5.41) is 0. The third kappa shape index (κ3) is 66.5. The molecule has 0 unspecified atom stereocenters. The van der Waals surface area contributed by atoms with Crippen LogP contribution in [0.2, 0.25) is 0 Å². The fourth-order valence-electron chi connectivity index (χ4n) is 0. The second-order valence-corrected chi connectivity index (χ2v) is 1.22. The quantitative estimate of drug-likeness (QED) is 0.300. The molecule has 0 aliphatic heterocycles. The summed E-state index contributed by atoms with van der Waals surface area (Å²) in [7, 11) is -5.17. The van der Waals surface area contributed by atoms with E-state index in [4.69, 9.17) is 17.5 Å². The monoisotopic (exact) mass is 282 g/mol. The molecule has 0 aromatic heterocycles. The Balaban J connectivity index is -0.0000000800. The van der Waals surface area contributed by atoms with Gasteiger partial charge in [-0.25, -0.2) is 0 Å². The molecule has 0 amide bonds. The zero-order valence-electron chi connectivity index (χ0n) is 3.25. The first-order chi connectivity index (χ1) is 2.00. The normalized spacial score (nSPS) is 8.29. The molecule has 0 radical (unpaired) electrons. The predicted octanol–water partition coefficient (Wildman–Crippen LogP) is -1.72. The molecule has 0 saturated carbocycles. The van der Waals surface area contributed by atoms with Crippen LogP contribution < -0.4 is 0 Å². The standard InChI is InChI=1S/Ba.H2O4S.Ti/c;1-5(2,3)4;/h;(H2,1,2,3,4);/q+2;;+2/p-2. The summed E-state index contributed by atoms with van der Waals surface area (Å²) in [4.78, 5) is 0. The van der Waals surface area contributed by atoms with Gasteiger partial charge in [-0.1, -0.05) is 0 Å². The second kappa shape index (κ2) is 6.28. The van der Waals surface area contributed by atoms with Gasteiger partial charge in [-0.3, -0.25) is 8.42 Å². The summed E-state index contributed by atoms with van der Waals surface area (Å²) < 4.78 is 34.1. The van der Waals surface area contributed by atoms with E-state index < -0.39 is 10.4 Å². The summed E-state index contributed by atoms with van der Waals surface area (Å²) in [6, 6.07) is 0. The maximum atomic E-state index is 8.52. The molecule has 34 valence electrons. The minimum atomic E-state index is -5.17. The van der Waals surface area contributed by atoms with Gasteiger partial charge in [0.05, 0.1) is 0 Å². The van der Waals surface area contributed by atoms with Crippen molar-refractivity contribution >= 4 is 59.3 Å². The predicted molar refractivity (Wildman–Crippen MR) is 16.2 cm³/mol. The number of rotatable bonds is 0. The maximum Gasteiger partial charge on any atom is 2.00 e. The van der Waals surface area contributed by atoms with Crippen LogP contribution >= 0.6 is 0 Å². The molecule has 0 rings (SSSR count). The van der Waals surface area contributed by atoms with Gasteiger partial charge in [-0.2, -0.15) is 0 Å². The molecule has 0 aliphatic rings. The summed E-state index contributed by atoms with van der Waals surface area (Å²) in [6.07, 6.45) is 0. The summed E-state index contributed by atoms with van der Waals surface area (Å²) in [5.74, 6) is 0. The van der Waals surface area contributed by atoms with Gasteiger partial charge >= 0.3 is 70.6 Å². The Hall–Kier alpha value is 2.16. The van der Waals surface area contributed by atoms with Crippen molar-refractivity contribution in [3.8, 4) is 0 Å². The van der Waals surface area contributed by atoms with E-state index in [0.717, 1.165) is 0 Å². The van der Waals surface area contributed by atoms with Crippen molar-refractivity contribution < 1.29 is 39.2 Å². The van der Waals surface area contributed by atoms with Crippen LogP contribution in [-0.4, -0.2) is 66.4 Å². The maximum absolute atomic E-state index is 8.52. The largest absolute Gasteiger partial charge is 2.00 e. The van der Waals surface area contributed by atoms with Gasteiger partial charge in [0.15, 0.2) is 0 Å². The van der Waals surface area contributed by atoms with Crippen molar-refractivity contribution in [2.24, 2.45) is 0 Å². The summed E-state index contributed by atoms with van der Waals surface area (Å²) >= 11 is 0. The molecule has 0 atom stereocenters. The SMILES string of the molecule is O=S(=O)([O-])[O-].[Ba+2].[Ti+2]. The fourth-order valence-corrected chi connectivity index (χ4v) is 0. The first-order valence-electron chi connectivity index (χ1n) is 0.667. The number of hydrogen-bond donors (Lipinski definition) is 0. The van der Waals surface area contributed by atoms with Crippen molar-refractivity contribution in [1.82, 2.24) is 0 Å². The molecular formula is BaO4STi+2. The van der Waals surface area contributed by atoms with Crippen LogP contribution in [-0.2, 0) is 32.1 Å². The van der Waals surface area contributed by atoms with Crippen LogP contribution in [0.5, 0.6) is 0 Å². The molecule has 0 aromatic carbocycles. The molecule has 0 bridgehead atoms. The van der Waals surface area contributed by atoms with Crippen molar-refractivity contribution in [2.75, 3.05) is 0 Å². The van der Waals surface area contributed by atoms with Gasteiger partial charge in [0.25, 0.3) is 0 Å². The zero-order valence-corrected chi connectivity index (χ0v) is 10.1. The molecule has 7 heavy (non-hydrogen) atoms. The van der Waals surface area contributed by atoms with E-state index in [2.05, 4.69) is 0 Å². The van der Waals surface area contributed by atoms with E-state index in [1.807, 2.05) is 0 Å². The van der Waals surface area contributed by atoms with Gasteiger partial charge in [0.1, 0.15) is 0 Å². The molecule has 0 heterocycles. The van der Waals surface area contributed by atoms with Gasteiger partial charge in [0.2, 0.25) is 0 Å². The van der Waals surface area contributed by atoms with Crippen LogP contribution in [0, 0.1) is 0 Å². The van der Waals surface area contributed by atoms with E-state index in [0.29, 0.717) is 0 Å². The molecule has 0 N–H and O–H groups in total. The molecule has 0 spiro atoms. The minimum Gasteiger partial charge on any atom is -0.759 e. The third-order valence-corrected chi connectivity index (χ3v) is 0. The minimum absolute atomic E-state index is 0. The van der Waals surface area contributed by atoms with E-state index in [1.54, 1.807) is 0 Å². The van der Waals surface area contributed by atoms with Crippen molar-refractivity contribution in [3.05, 3.63) is 0 Å². The van der Waals surface area contributed by atoms with Gasteiger partial charge in [-0.15, -0.1) is 0 Å². The van der Waals surface area contributed by atoms with Crippen LogP contribution in [0.25, 0.3) is 0 Å². The zero-order chi connectivity index (χ0) is 4.50. The van der Waals surface area contributed by atoms with Crippen molar-refractivity contribution in [1.29, 1.82) is 0 Å². The first kappa shape index (κ1) is 16.1. The Morgan fingerprint density at radius 2 is 1.14 bits per heavy atom. The smallest absolute Gasteiger partial charge is 0.759 e. The number of hydrogen-bond acceptors (Lipinski definition) is 4. The van der Waals surface area contributed by atoms with Crippen molar-refractivity contribution in [3.63, 3.8) is 0 Å². The molecule has 0 aliphatic carbocycles. The third-order valence-electron chi connectivity index (χ3n) is 0. The van der Waals surface area contributed by atoms with Gasteiger partial charge in [-0.05, 0) is 0 Å². The molecule has 0 aromatic rings. The molecular weight excluding hydrogens is 281 g/mol. The van der Waals surface area contributed by atoms with E-state index >= 15 is 0 Å².